The number of aryl methyl sites for hydroxylation is 1. The molecule has 1 atom stereocenters. The van der Waals surface area contributed by atoms with Crippen LogP contribution < -0.4 is 10.6 Å². The average molecular weight is 311 g/mol. The van der Waals surface area contributed by atoms with Crippen LogP contribution in [0.15, 0.2) is 28.7 Å². The Morgan fingerprint density at radius 1 is 1.44 bits per heavy atom. The maximum absolute atomic E-state index is 11.7. The van der Waals surface area contributed by atoms with Gasteiger partial charge in [-0.25, -0.2) is 0 Å². The first-order valence-electron chi connectivity index (χ1n) is 6.49. The van der Waals surface area contributed by atoms with Crippen LogP contribution in [-0.2, 0) is 11.2 Å². The van der Waals surface area contributed by atoms with Crippen LogP contribution in [0.4, 0.5) is 0 Å². The van der Waals surface area contributed by atoms with Gasteiger partial charge >= 0.3 is 0 Å². The molecule has 1 aromatic rings. The third kappa shape index (κ3) is 4.10. The second kappa shape index (κ2) is 6.90. The molecule has 1 fully saturated rings. The number of carbonyl (C=O) groups is 1. The first-order valence-corrected chi connectivity index (χ1v) is 7.28. The van der Waals surface area contributed by atoms with E-state index in [0.29, 0.717) is 12.5 Å². The molecule has 0 spiro atoms. The minimum absolute atomic E-state index is 0.138. The van der Waals surface area contributed by atoms with Crippen molar-refractivity contribution in [3.63, 3.8) is 0 Å². The molecule has 4 heteroatoms. The van der Waals surface area contributed by atoms with Gasteiger partial charge in [0.05, 0.1) is 0 Å². The molecule has 1 aliphatic rings. The fourth-order valence-electron chi connectivity index (χ4n) is 2.21. The summed E-state index contributed by atoms with van der Waals surface area (Å²) in [5.74, 6) is 0.138. The SMILES string of the molecule is O=C(CCc1ccccc1Br)NCC1CCCN1. The van der Waals surface area contributed by atoms with Crippen molar-refractivity contribution in [2.45, 2.75) is 31.7 Å². The van der Waals surface area contributed by atoms with Gasteiger partial charge < -0.3 is 10.6 Å². The van der Waals surface area contributed by atoms with Crippen molar-refractivity contribution >= 4 is 21.8 Å². The largest absolute Gasteiger partial charge is 0.355 e. The monoisotopic (exact) mass is 310 g/mol. The van der Waals surface area contributed by atoms with E-state index in [-0.39, 0.29) is 5.91 Å². The van der Waals surface area contributed by atoms with E-state index in [1.165, 1.54) is 18.4 Å². The molecular weight excluding hydrogens is 292 g/mol. The van der Waals surface area contributed by atoms with Crippen LogP contribution in [0, 0.1) is 0 Å². The lowest BCUT2D eigenvalue weighted by atomic mass is 10.1. The summed E-state index contributed by atoms with van der Waals surface area (Å²) < 4.78 is 1.08. The fourth-order valence-corrected chi connectivity index (χ4v) is 2.69. The van der Waals surface area contributed by atoms with E-state index in [0.717, 1.165) is 24.0 Å². The molecule has 1 unspecified atom stereocenters. The summed E-state index contributed by atoms with van der Waals surface area (Å²) in [5, 5.41) is 6.37. The zero-order chi connectivity index (χ0) is 12.8. The number of amides is 1. The summed E-state index contributed by atoms with van der Waals surface area (Å²) in [6, 6.07) is 8.52. The minimum atomic E-state index is 0.138. The molecule has 3 nitrogen and oxygen atoms in total. The van der Waals surface area contributed by atoms with Crippen molar-refractivity contribution in [3.05, 3.63) is 34.3 Å². The summed E-state index contributed by atoms with van der Waals surface area (Å²) >= 11 is 3.50. The summed E-state index contributed by atoms with van der Waals surface area (Å²) in [6.07, 6.45) is 3.72. The van der Waals surface area contributed by atoms with Crippen LogP contribution >= 0.6 is 15.9 Å². The van der Waals surface area contributed by atoms with Crippen LogP contribution in [0.5, 0.6) is 0 Å². The number of benzene rings is 1. The topological polar surface area (TPSA) is 41.1 Å². The zero-order valence-corrected chi connectivity index (χ0v) is 12.0. The number of hydrogen-bond donors (Lipinski definition) is 2. The predicted octanol–water partition coefficient (Wildman–Crippen LogP) is 2.25. The Morgan fingerprint density at radius 3 is 3.00 bits per heavy atom. The molecule has 0 aliphatic carbocycles. The van der Waals surface area contributed by atoms with Crippen molar-refractivity contribution in [1.29, 1.82) is 0 Å². The molecule has 1 aromatic carbocycles. The minimum Gasteiger partial charge on any atom is -0.355 e. The van der Waals surface area contributed by atoms with Gasteiger partial charge in [0.1, 0.15) is 0 Å². The van der Waals surface area contributed by atoms with Crippen molar-refractivity contribution in [2.24, 2.45) is 0 Å². The van der Waals surface area contributed by atoms with E-state index in [4.69, 9.17) is 0 Å². The van der Waals surface area contributed by atoms with Gasteiger partial charge in [-0.15, -0.1) is 0 Å². The molecule has 0 saturated carbocycles. The smallest absolute Gasteiger partial charge is 0.220 e. The lowest BCUT2D eigenvalue weighted by Crippen LogP contribution is -2.37. The Labute approximate surface area is 116 Å². The first kappa shape index (κ1) is 13.6. The third-order valence-corrected chi connectivity index (χ3v) is 4.06. The summed E-state index contributed by atoms with van der Waals surface area (Å²) in [4.78, 5) is 11.7. The zero-order valence-electron chi connectivity index (χ0n) is 10.4. The molecule has 18 heavy (non-hydrogen) atoms. The maximum atomic E-state index is 11.7. The molecule has 0 bridgehead atoms. The maximum Gasteiger partial charge on any atom is 0.220 e. The van der Waals surface area contributed by atoms with Gasteiger partial charge in [-0.3, -0.25) is 4.79 Å². The third-order valence-electron chi connectivity index (χ3n) is 3.29. The van der Waals surface area contributed by atoms with Crippen LogP contribution in [-0.4, -0.2) is 25.0 Å². The van der Waals surface area contributed by atoms with Crippen molar-refractivity contribution < 1.29 is 4.79 Å². The normalized spacial score (nSPS) is 18.8. The standard InChI is InChI=1S/C14H19BrN2O/c15-13-6-2-1-4-11(13)7-8-14(18)17-10-12-5-3-9-16-12/h1-2,4,6,12,16H,3,5,7-10H2,(H,17,18). The highest BCUT2D eigenvalue weighted by atomic mass is 79.9. The average Bonchev–Trinajstić information content (AvgIpc) is 2.88. The van der Waals surface area contributed by atoms with E-state index in [1.807, 2.05) is 18.2 Å². The van der Waals surface area contributed by atoms with Crippen molar-refractivity contribution in [1.82, 2.24) is 10.6 Å². The molecule has 1 aliphatic heterocycles. The Hall–Kier alpha value is -0.870. The Morgan fingerprint density at radius 2 is 2.28 bits per heavy atom. The Balaban J connectivity index is 1.69. The molecule has 1 amide bonds. The van der Waals surface area contributed by atoms with E-state index >= 15 is 0 Å². The molecule has 98 valence electrons. The summed E-state index contributed by atoms with van der Waals surface area (Å²) in [5.41, 5.74) is 1.19. The molecular formula is C14H19BrN2O. The summed E-state index contributed by atoms with van der Waals surface area (Å²) in [6.45, 7) is 1.84. The van der Waals surface area contributed by atoms with Gasteiger partial charge in [-0.05, 0) is 37.4 Å². The number of carbonyl (C=O) groups excluding carboxylic acids is 1. The highest BCUT2D eigenvalue weighted by Gasteiger charge is 2.14. The van der Waals surface area contributed by atoms with E-state index in [2.05, 4.69) is 32.6 Å². The van der Waals surface area contributed by atoms with Crippen LogP contribution in [0.1, 0.15) is 24.8 Å². The van der Waals surface area contributed by atoms with Crippen molar-refractivity contribution in [2.75, 3.05) is 13.1 Å². The van der Waals surface area contributed by atoms with Gasteiger partial charge in [-0.2, -0.15) is 0 Å². The quantitative estimate of drug-likeness (QED) is 0.876. The molecule has 1 heterocycles. The number of hydrogen-bond acceptors (Lipinski definition) is 2. The molecule has 0 radical (unpaired) electrons. The lowest BCUT2D eigenvalue weighted by molar-refractivity contribution is -0.121. The highest BCUT2D eigenvalue weighted by molar-refractivity contribution is 9.10. The van der Waals surface area contributed by atoms with Crippen molar-refractivity contribution in [3.8, 4) is 0 Å². The van der Waals surface area contributed by atoms with Gasteiger partial charge in [-0.1, -0.05) is 34.1 Å². The molecule has 2 N–H and O–H groups in total. The van der Waals surface area contributed by atoms with E-state index in [1.54, 1.807) is 0 Å². The number of halogens is 1. The van der Waals surface area contributed by atoms with Crippen LogP contribution in [0.3, 0.4) is 0 Å². The van der Waals surface area contributed by atoms with Crippen LogP contribution in [0.25, 0.3) is 0 Å². The summed E-state index contributed by atoms with van der Waals surface area (Å²) in [7, 11) is 0. The second-order valence-corrected chi connectivity index (χ2v) is 5.54. The fraction of sp³-hybridized carbons (Fsp3) is 0.500. The Kier molecular flexibility index (Phi) is 5.20. The van der Waals surface area contributed by atoms with Gasteiger partial charge in [0.25, 0.3) is 0 Å². The lowest BCUT2D eigenvalue weighted by Gasteiger charge is -2.11. The predicted molar refractivity (Wildman–Crippen MR) is 76.5 cm³/mol. The van der Waals surface area contributed by atoms with Crippen LogP contribution in [0.2, 0.25) is 0 Å². The first-order chi connectivity index (χ1) is 8.75. The van der Waals surface area contributed by atoms with Gasteiger partial charge in [0.2, 0.25) is 5.91 Å². The second-order valence-electron chi connectivity index (χ2n) is 4.69. The molecule has 0 aromatic heterocycles. The number of nitrogens with one attached hydrogen (secondary N) is 2. The van der Waals surface area contributed by atoms with Gasteiger partial charge in [0, 0.05) is 23.5 Å². The van der Waals surface area contributed by atoms with E-state index in [9.17, 15) is 4.79 Å². The van der Waals surface area contributed by atoms with E-state index < -0.39 is 0 Å². The van der Waals surface area contributed by atoms with Gasteiger partial charge in [0.15, 0.2) is 0 Å². The molecule has 1 saturated heterocycles. The Bertz CT molecular complexity index is 403. The number of rotatable bonds is 5. The highest BCUT2D eigenvalue weighted by Crippen LogP contribution is 2.17. The molecule has 2 rings (SSSR count).